The van der Waals surface area contributed by atoms with Crippen molar-refractivity contribution in [3.63, 3.8) is 0 Å². The van der Waals surface area contributed by atoms with Gasteiger partial charge in [-0.3, -0.25) is 0 Å². The van der Waals surface area contributed by atoms with Gasteiger partial charge in [0.05, 0.1) is 11.2 Å². The average molecular weight is 284 g/mol. The van der Waals surface area contributed by atoms with Crippen molar-refractivity contribution in [1.29, 1.82) is 0 Å². The second-order valence-electron chi connectivity index (χ2n) is 6.46. The molecule has 1 aromatic rings. The molecule has 0 amide bonds. The largest absolute Gasteiger partial charge is 0.478 e. The number of hydrogen-bond acceptors (Lipinski definition) is 2. The van der Waals surface area contributed by atoms with Crippen LogP contribution < -0.4 is 0 Å². The molecule has 0 unspecified atom stereocenters. The van der Waals surface area contributed by atoms with Gasteiger partial charge in [0.25, 0.3) is 0 Å². The number of rotatable bonds is 3. The van der Waals surface area contributed by atoms with Gasteiger partial charge in [0, 0.05) is 18.4 Å². The smallest absolute Gasteiger partial charge is 0.335 e. The van der Waals surface area contributed by atoms with Crippen molar-refractivity contribution in [2.24, 2.45) is 11.3 Å². The van der Waals surface area contributed by atoms with Gasteiger partial charge in [0.1, 0.15) is 0 Å². The molecule has 0 radical (unpaired) electrons. The number of ether oxygens (including phenoxy) is 1. The van der Waals surface area contributed by atoms with E-state index < -0.39 is 5.97 Å². The van der Waals surface area contributed by atoms with Gasteiger partial charge in [-0.1, -0.05) is 37.3 Å². The number of fused-ring (bicyclic) bond motifs is 1. The Morgan fingerprint density at radius 3 is 2.48 bits per heavy atom. The van der Waals surface area contributed by atoms with Crippen molar-refractivity contribution in [1.82, 2.24) is 0 Å². The molecule has 3 aliphatic carbocycles. The van der Waals surface area contributed by atoms with Crippen LogP contribution >= 0.6 is 0 Å². The maximum absolute atomic E-state index is 11.0. The standard InChI is InChI=1S/C18H20O3/c1-17-9-8-14(18(2,11-17)21-3)10-15(17)12-4-6-13(7-5-12)16(19)20/h4-10,14H,11H2,1-3H3,(H,19,20)/t14-,17-,18-/m1/s1. The summed E-state index contributed by atoms with van der Waals surface area (Å²) in [4.78, 5) is 11.0. The van der Waals surface area contributed by atoms with Crippen molar-refractivity contribution in [2.75, 3.05) is 7.11 Å². The molecule has 110 valence electrons. The lowest BCUT2D eigenvalue weighted by Crippen LogP contribution is -2.46. The fraction of sp³-hybridized carbons (Fsp3) is 0.389. The van der Waals surface area contributed by atoms with Crippen molar-refractivity contribution in [2.45, 2.75) is 25.9 Å². The molecule has 0 aliphatic heterocycles. The summed E-state index contributed by atoms with van der Waals surface area (Å²) in [6.07, 6.45) is 7.69. The van der Waals surface area contributed by atoms with E-state index in [0.29, 0.717) is 5.56 Å². The highest BCUT2D eigenvalue weighted by Crippen LogP contribution is 2.54. The maximum atomic E-state index is 11.0. The first kappa shape index (κ1) is 14.1. The fourth-order valence-electron chi connectivity index (χ4n) is 3.64. The van der Waals surface area contributed by atoms with E-state index in [9.17, 15) is 4.79 Å². The normalized spacial score (nSPS) is 33.9. The maximum Gasteiger partial charge on any atom is 0.335 e. The van der Waals surface area contributed by atoms with Gasteiger partial charge in [0.15, 0.2) is 0 Å². The summed E-state index contributed by atoms with van der Waals surface area (Å²) in [5.41, 5.74) is 2.46. The molecule has 0 saturated heterocycles. The SMILES string of the molecule is CO[C@]1(C)C[C@@]2(C)C=C[C@@H]1C=C2c1ccc(C(=O)O)cc1. The molecular formula is C18H20O3. The highest BCUT2D eigenvalue weighted by Gasteiger charge is 2.48. The Hall–Kier alpha value is -1.87. The van der Waals surface area contributed by atoms with E-state index in [2.05, 4.69) is 32.1 Å². The van der Waals surface area contributed by atoms with Gasteiger partial charge in [-0.15, -0.1) is 0 Å². The summed E-state index contributed by atoms with van der Waals surface area (Å²) in [6, 6.07) is 7.14. The van der Waals surface area contributed by atoms with Gasteiger partial charge in [0.2, 0.25) is 0 Å². The Bertz CT molecular complexity index is 641. The highest BCUT2D eigenvalue weighted by atomic mass is 16.5. The molecule has 3 nitrogen and oxygen atoms in total. The summed E-state index contributed by atoms with van der Waals surface area (Å²) < 4.78 is 5.74. The molecule has 3 heteroatoms. The van der Waals surface area contributed by atoms with Crippen LogP contribution in [0.4, 0.5) is 0 Å². The Balaban J connectivity index is 2.01. The van der Waals surface area contributed by atoms with Gasteiger partial charge in [-0.25, -0.2) is 4.79 Å². The number of carbonyl (C=O) groups is 1. The summed E-state index contributed by atoms with van der Waals surface area (Å²) in [5, 5.41) is 9.00. The number of hydrogen-bond donors (Lipinski definition) is 1. The van der Waals surface area contributed by atoms with Crippen LogP contribution in [0.3, 0.4) is 0 Å². The van der Waals surface area contributed by atoms with Crippen molar-refractivity contribution < 1.29 is 14.6 Å². The first-order valence-electron chi connectivity index (χ1n) is 7.18. The monoisotopic (exact) mass is 284 g/mol. The van der Waals surface area contributed by atoms with E-state index in [1.54, 1.807) is 19.2 Å². The van der Waals surface area contributed by atoms with Crippen LogP contribution in [0.15, 0.2) is 42.5 Å². The van der Waals surface area contributed by atoms with Crippen LogP contribution in [-0.2, 0) is 4.74 Å². The topological polar surface area (TPSA) is 46.5 Å². The van der Waals surface area contributed by atoms with Crippen LogP contribution in [0.1, 0.15) is 36.2 Å². The lowest BCUT2D eigenvalue weighted by Gasteiger charge is -2.50. The van der Waals surface area contributed by atoms with Gasteiger partial charge in [-0.05, 0) is 36.6 Å². The second-order valence-corrected chi connectivity index (χ2v) is 6.46. The van der Waals surface area contributed by atoms with Gasteiger partial charge in [-0.2, -0.15) is 0 Å². The zero-order chi connectivity index (χ0) is 15.3. The third-order valence-electron chi connectivity index (χ3n) is 4.97. The first-order valence-corrected chi connectivity index (χ1v) is 7.18. The van der Waals surface area contributed by atoms with Gasteiger partial charge >= 0.3 is 5.97 Å². The minimum absolute atomic E-state index is 0.0652. The van der Waals surface area contributed by atoms with E-state index in [1.165, 1.54) is 5.57 Å². The molecule has 0 fully saturated rings. The Morgan fingerprint density at radius 1 is 1.29 bits per heavy atom. The van der Waals surface area contributed by atoms with E-state index in [1.807, 2.05) is 12.1 Å². The van der Waals surface area contributed by atoms with Crippen LogP contribution in [0.5, 0.6) is 0 Å². The van der Waals surface area contributed by atoms with Crippen LogP contribution in [0.25, 0.3) is 5.57 Å². The lowest BCUT2D eigenvalue weighted by atomic mass is 9.59. The zero-order valence-electron chi connectivity index (χ0n) is 12.6. The fourth-order valence-corrected chi connectivity index (χ4v) is 3.64. The molecule has 0 heterocycles. The average Bonchev–Trinajstić information content (AvgIpc) is 2.47. The summed E-state index contributed by atoms with van der Waals surface area (Å²) in [7, 11) is 1.77. The molecule has 4 rings (SSSR count). The van der Waals surface area contributed by atoms with Crippen LogP contribution in [0.2, 0.25) is 0 Å². The third kappa shape index (κ3) is 2.12. The van der Waals surface area contributed by atoms with E-state index in [4.69, 9.17) is 9.84 Å². The van der Waals surface area contributed by atoms with Crippen LogP contribution in [-0.4, -0.2) is 23.8 Å². The van der Waals surface area contributed by atoms with Crippen molar-refractivity contribution >= 4 is 11.5 Å². The van der Waals surface area contributed by atoms with Crippen molar-refractivity contribution in [3.8, 4) is 0 Å². The van der Waals surface area contributed by atoms with E-state index in [-0.39, 0.29) is 16.9 Å². The Morgan fingerprint density at radius 2 is 1.95 bits per heavy atom. The minimum Gasteiger partial charge on any atom is -0.478 e. The third-order valence-corrected chi connectivity index (χ3v) is 4.97. The molecule has 3 atom stereocenters. The van der Waals surface area contributed by atoms with Crippen LogP contribution in [0, 0.1) is 11.3 Å². The second kappa shape index (κ2) is 4.57. The summed E-state index contributed by atoms with van der Waals surface area (Å²) in [5.74, 6) is -0.628. The number of methoxy groups -OCH3 is 1. The zero-order valence-corrected chi connectivity index (χ0v) is 12.6. The number of carboxylic acids is 1. The number of benzene rings is 1. The predicted octanol–water partition coefficient (Wildman–Crippen LogP) is 3.77. The molecule has 1 aromatic carbocycles. The van der Waals surface area contributed by atoms with E-state index >= 15 is 0 Å². The molecule has 0 saturated carbocycles. The van der Waals surface area contributed by atoms with E-state index in [0.717, 1.165) is 12.0 Å². The molecular weight excluding hydrogens is 264 g/mol. The molecule has 0 spiro atoms. The lowest BCUT2D eigenvalue weighted by molar-refractivity contribution is -0.0461. The quantitative estimate of drug-likeness (QED) is 0.859. The predicted molar refractivity (Wildman–Crippen MR) is 82.1 cm³/mol. The Kier molecular flexibility index (Phi) is 3.06. The number of aromatic carboxylic acids is 1. The molecule has 1 N–H and O–H groups in total. The molecule has 0 aromatic heterocycles. The summed E-state index contributed by atoms with van der Waals surface area (Å²) >= 11 is 0. The van der Waals surface area contributed by atoms with Crippen molar-refractivity contribution in [3.05, 3.63) is 53.6 Å². The number of carboxylic acid groups (broad SMARTS) is 1. The highest BCUT2D eigenvalue weighted by molar-refractivity contribution is 5.88. The summed E-state index contributed by atoms with van der Waals surface area (Å²) in [6.45, 7) is 4.37. The van der Waals surface area contributed by atoms with Gasteiger partial charge < -0.3 is 9.84 Å². The minimum atomic E-state index is -0.890. The Labute approximate surface area is 124 Å². The molecule has 3 aliphatic rings. The number of allylic oxidation sites excluding steroid dienone is 2. The molecule has 2 bridgehead atoms. The first-order chi connectivity index (χ1) is 9.88. The molecule has 21 heavy (non-hydrogen) atoms.